The third kappa shape index (κ3) is 5.59. The van der Waals surface area contributed by atoms with Gasteiger partial charge >= 0.3 is 5.97 Å². The van der Waals surface area contributed by atoms with E-state index in [1.54, 1.807) is 30.8 Å². The minimum Gasteiger partial charge on any atom is -0.497 e. The molecule has 9 heteroatoms. The number of benzene rings is 1. The Morgan fingerprint density at radius 1 is 1.15 bits per heavy atom. The minimum atomic E-state index is -0.665. The molecule has 0 saturated carbocycles. The molecular formula is C25H30N4O5. The quantitative estimate of drug-likeness (QED) is 0.456. The third-order valence-corrected chi connectivity index (χ3v) is 5.69. The molecular weight excluding hydrogens is 436 g/mol. The standard InChI is InChI=1S/C25H30N4O5/c1-6-13-34-25(32)22-17(3)26-18(4)27-23(22)24(31)28-11-12-29(16(2)15-28)21(30)14-19-7-9-20(33-5)10-8-19/h6-10,16H,1,11-15H2,2-5H3. The Bertz CT molecular complexity index is 1080. The van der Waals surface area contributed by atoms with E-state index in [2.05, 4.69) is 16.5 Å². The molecule has 34 heavy (non-hydrogen) atoms. The van der Waals surface area contributed by atoms with Gasteiger partial charge in [0, 0.05) is 25.7 Å². The van der Waals surface area contributed by atoms with Crippen LogP contribution in [0, 0.1) is 13.8 Å². The number of rotatable bonds is 7. The average Bonchev–Trinajstić information content (AvgIpc) is 2.81. The highest BCUT2D eigenvalue weighted by Gasteiger charge is 2.33. The van der Waals surface area contributed by atoms with Crippen molar-refractivity contribution in [2.75, 3.05) is 33.4 Å². The van der Waals surface area contributed by atoms with Crippen molar-refractivity contribution in [3.8, 4) is 5.75 Å². The van der Waals surface area contributed by atoms with Crippen LogP contribution in [-0.2, 0) is 16.0 Å². The van der Waals surface area contributed by atoms with Crippen molar-refractivity contribution < 1.29 is 23.9 Å². The normalized spacial score (nSPS) is 15.6. The van der Waals surface area contributed by atoms with Gasteiger partial charge in [-0.05, 0) is 38.5 Å². The lowest BCUT2D eigenvalue weighted by Gasteiger charge is -2.40. The van der Waals surface area contributed by atoms with E-state index in [9.17, 15) is 14.4 Å². The molecule has 1 unspecified atom stereocenters. The molecule has 0 bridgehead atoms. The Morgan fingerprint density at radius 3 is 2.47 bits per heavy atom. The predicted octanol–water partition coefficient (Wildman–Crippen LogP) is 2.36. The Kier molecular flexibility index (Phi) is 7.99. The fraction of sp³-hybridized carbons (Fsp3) is 0.400. The number of amides is 2. The predicted molar refractivity (Wildman–Crippen MR) is 126 cm³/mol. The molecule has 3 rings (SSSR count). The van der Waals surface area contributed by atoms with Gasteiger partial charge in [-0.15, -0.1) is 0 Å². The summed E-state index contributed by atoms with van der Waals surface area (Å²) < 4.78 is 10.3. The zero-order valence-electron chi connectivity index (χ0n) is 20.0. The molecule has 1 aromatic heterocycles. The molecule has 1 atom stereocenters. The molecule has 1 fully saturated rings. The molecule has 2 heterocycles. The highest BCUT2D eigenvalue weighted by Crippen LogP contribution is 2.19. The monoisotopic (exact) mass is 466 g/mol. The molecule has 0 radical (unpaired) electrons. The second-order valence-corrected chi connectivity index (χ2v) is 8.18. The van der Waals surface area contributed by atoms with Crippen LogP contribution in [0.5, 0.6) is 5.75 Å². The van der Waals surface area contributed by atoms with Crippen LogP contribution in [0.3, 0.4) is 0 Å². The first kappa shape index (κ1) is 24.9. The summed E-state index contributed by atoms with van der Waals surface area (Å²) in [6, 6.07) is 7.20. The third-order valence-electron chi connectivity index (χ3n) is 5.69. The van der Waals surface area contributed by atoms with Gasteiger partial charge in [-0.25, -0.2) is 14.8 Å². The van der Waals surface area contributed by atoms with Gasteiger partial charge in [-0.2, -0.15) is 0 Å². The van der Waals surface area contributed by atoms with E-state index >= 15 is 0 Å². The minimum absolute atomic E-state index is 0.00724. The molecule has 0 aliphatic carbocycles. The molecule has 1 aliphatic rings. The molecule has 1 aliphatic heterocycles. The Morgan fingerprint density at radius 2 is 1.85 bits per heavy atom. The molecule has 2 amide bonds. The Labute approximate surface area is 199 Å². The van der Waals surface area contributed by atoms with Gasteiger partial charge in [-0.3, -0.25) is 9.59 Å². The number of esters is 1. The Balaban J connectivity index is 1.72. The lowest BCUT2D eigenvalue weighted by molar-refractivity contribution is -0.134. The molecule has 1 aromatic carbocycles. The summed E-state index contributed by atoms with van der Waals surface area (Å²) in [6.07, 6.45) is 1.72. The van der Waals surface area contributed by atoms with E-state index in [1.807, 2.05) is 31.2 Å². The van der Waals surface area contributed by atoms with E-state index in [0.717, 1.165) is 11.3 Å². The first-order valence-electron chi connectivity index (χ1n) is 11.1. The number of ether oxygens (including phenoxy) is 2. The van der Waals surface area contributed by atoms with Crippen LogP contribution >= 0.6 is 0 Å². The van der Waals surface area contributed by atoms with Crippen LogP contribution in [-0.4, -0.2) is 76.9 Å². The molecule has 9 nitrogen and oxygen atoms in total. The van der Waals surface area contributed by atoms with Crippen molar-refractivity contribution in [3.63, 3.8) is 0 Å². The zero-order chi connectivity index (χ0) is 24.8. The van der Waals surface area contributed by atoms with Crippen LogP contribution in [0.25, 0.3) is 0 Å². The molecule has 1 saturated heterocycles. The van der Waals surface area contributed by atoms with Crippen molar-refractivity contribution >= 4 is 17.8 Å². The fourth-order valence-corrected chi connectivity index (χ4v) is 4.00. The summed E-state index contributed by atoms with van der Waals surface area (Å²) in [6.45, 7) is 9.83. The molecule has 0 spiro atoms. The van der Waals surface area contributed by atoms with Gasteiger partial charge in [0.1, 0.15) is 29.4 Å². The second kappa shape index (κ2) is 10.9. The van der Waals surface area contributed by atoms with Gasteiger partial charge in [0.15, 0.2) is 0 Å². The Hall–Kier alpha value is -3.75. The van der Waals surface area contributed by atoms with Crippen molar-refractivity contribution in [2.24, 2.45) is 0 Å². The van der Waals surface area contributed by atoms with Gasteiger partial charge in [0.25, 0.3) is 5.91 Å². The highest BCUT2D eigenvalue weighted by atomic mass is 16.5. The maximum absolute atomic E-state index is 13.4. The second-order valence-electron chi connectivity index (χ2n) is 8.18. The van der Waals surface area contributed by atoms with Crippen LogP contribution in [0.4, 0.5) is 0 Å². The summed E-state index contributed by atoms with van der Waals surface area (Å²) in [5.74, 6) is 0.0737. The smallest absolute Gasteiger partial charge is 0.342 e. The zero-order valence-corrected chi connectivity index (χ0v) is 20.0. The number of hydrogen-bond donors (Lipinski definition) is 0. The maximum Gasteiger partial charge on any atom is 0.342 e. The lowest BCUT2D eigenvalue weighted by Crippen LogP contribution is -2.56. The summed E-state index contributed by atoms with van der Waals surface area (Å²) in [4.78, 5) is 50.8. The number of aromatic nitrogens is 2. The molecule has 0 N–H and O–H groups in total. The van der Waals surface area contributed by atoms with E-state index in [4.69, 9.17) is 9.47 Å². The van der Waals surface area contributed by atoms with Crippen LogP contribution in [0.1, 0.15) is 44.9 Å². The highest BCUT2D eigenvalue weighted by molar-refractivity contribution is 6.04. The number of hydrogen-bond acceptors (Lipinski definition) is 7. The van der Waals surface area contributed by atoms with Gasteiger partial charge in [-0.1, -0.05) is 24.8 Å². The first-order chi connectivity index (χ1) is 16.2. The number of aryl methyl sites for hydroxylation is 2. The van der Waals surface area contributed by atoms with Gasteiger partial charge in [0.2, 0.25) is 5.91 Å². The van der Waals surface area contributed by atoms with Crippen molar-refractivity contribution in [1.29, 1.82) is 0 Å². The summed E-state index contributed by atoms with van der Waals surface area (Å²) in [5, 5.41) is 0. The fourth-order valence-electron chi connectivity index (χ4n) is 4.00. The summed E-state index contributed by atoms with van der Waals surface area (Å²) in [7, 11) is 1.60. The number of piperazine rings is 1. The average molecular weight is 467 g/mol. The number of carbonyl (C=O) groups is 3. The van der Waals surface area contributed by atoms with Crippen LogP contribution in [0.15, 0.2) is 36.9 Å². The van der Waals surface area contributed by atoms with Crippen molar-refractivity contribution in [1.82, 2.24) is 19.8 Å². The number of carbonyl (C=O) groups excluding carboxylic acids is 3. The SMILES string of the molecule is C=CCOC(=O)c1c(C)nc(C)nc1C(=O)N1CCN(C(=O)Cc2ccc(OC)cc2)C(C)C1. The van der Waals surface area contributed by atoms with Crippen molar-refractivity contribution in [2.45, 2.75) is 33.2 Å². The van der Waals surface area contributed by atoms with Gasteiger partial charge < -0.3 is 19.3 Å². The topological polar surface area (TPSA) is 102 Å². The number of nitrogens with zero attached hydrogens (tertiary/aromatic N) is 4. The van der Waals surface area contributed by atoms with Crippen molar-refractivity contribution in [3.05, 3.63) is 65.3 Å². The summed E-state index contributed by atoms with van der Waals surface area (Å²) in [5.41, 5.74) is 1.35. The summed E-state index contributed by atoms with van der Waals surface area (Å²) >= 11 is 0. The van der Waals surface area contributed by atoms with Crippen LogP contribution in [0.2, 0.25) is 0 Å². The van der Waals surface area contributed by atoms with Gasteiger partial charge in [0.05, 0.1) is 19.2 Å². The van der Waals surface area contributed by atoms with Crippen LogP contribution < -0.4 is 4.74 Å². The maximum atomic E-state index is 13.4. The van der Waals surface area contributed by atoms with E-state index in [1.165, 1.54) is 6.08 Å². The van der Waals surface area contributed by atoms with E-state index < -0.39 is 5.97 Å². The number of methoxy groups -OCH3 is 1. The first-order valence-corrected chi connectivity index (χ1v) is 11.1. The van der Waals surface area contributed by atoms with E-state index in [0.29, 0.717) is 31.2 Å². The lowest BCUT2D eigenvalue weighted by atomic mass is 10.1. The van der Waals surface area contributed by atoms with E-state index in [-0.39, 0.29) is 42.1 Å². The molecule has 2 aromatic rings. The largest absolute Gasteiger partial charge is 0.497 e. The molecule has 180 valence electrons.